The van der Waals surface area contributed by atoms with E-state index in [1.165, 1.54) is 17.4 Å². The lowest BCUT2D eigenvalue weighted by atomic mass is 9.97. The molecule has 0 saturated carbocycles. The molecule has 2 atom stereocenters. The molecule has 0 heterocycles. The summed E-state index contributed by atoms with van der Waals surface area (Å²) in [5, 5.41) is 12.4. The Morgan fingerprint density at radius 1 is 1.16 bits per heavy atom. The molecule has 1 aromatic rings. The minimum absolute atomic E-state index is 0.0401. The van der Waals surface area contributed by atoms with Crippen molar-refractivity contribution in [3.05, 3.63) is 35.4 Å². The summed E-state index contributed by atoms with van der Waals surface area (Å²) in [5.41, 5.74) is 7.79. The maximum Gasteiger partial charge on any atom is 0.250 e. The van der Waals surface area contributed by atoms with Crippen molar-refractivity contribution in [3.8, 4) is 0 Å². The smallest absolute Gasteiger partial charge is 0.250 e. The number of guanidine groups is 2. The number of nitrogens with two attached hydrogens (primary N) is 1. The second-order valence-electron chi connectivity index (χ2n) is 8.15. The summed E-state index contributed by atoms with van der Waals surface area (Å²) in [7, 11) is 3.23. The molecule has 176 valence electrons. The first kappa shape index (κ1) is 27.2. The molecule has 0 aliphatic carbocycles. The van der Waals surface area contributed by atoms with Gasteiger partial charge >= 0.3 is 0 Å². The van der Waals surface area contributed by atoms with Crippen molar-refractivity contribution in [1.29, 1.82) is 5.41 Å². The summed E-state index contributed by atoms with van der Waals surface area (Å²) < 4.78 is 0. The number of benzene rings is 1. The molecule has 10 heteroatoms. The summed E-state index contributed by atoms with van der Waals surface area (Å²) in [6, 6.07) is 6.99. The third kappa shape index (κ3) is 9.51. The minimum Gasteiger partial charge on any atom is -0.369 e. The molecule has 0 radical (unpaired) electrons. The Balaban J connectivity index is 2.77. The number of nitrogens with zero attached hydrogens (tertiary/aromatic N) is 2. The van der Waals surface area contributed by atoms with Gasteiger partial charge in [-0.05, 0) is 23.5 Å². The molecule has 0 bridgehead atoms. The van der Waals surface area contributed by atoms with Crippen LogP contribution in [0.2, 0.25) is 0 Å². The number of amides is 2. The highest BCUT2D eigenvalue weighted by Crippen LogP contribution is 2.23. The van der Waals surface area contributed by atoms with Gasteiger partial charge in [0, 0.05) is 26.8 Å². The molecule has 0 fully saturated rings. The Hall–Kier alpha value is -2.88. The molecule has 0 aromatic heterocycles. The highest BCUT2D eigenvalue weighted by Gasteiger charge is 2.24. The predicted molar refractivity (Wildman–Crippen MR) is 130 cm³/mol. The van der Waals surface area contributed by atoms with Crippen LogP contribution in [0, 0.1) is 11.3 Å². The number of rotatable bonds is 8. The van der Waals surface area contributed by atoms with Crippen LogP contribution >= 0.6 is 11.8 Å². The average Bonchev–Trinajstić information content (AvgIpc) is 2.69. The fourth-order valence-electron chi connectivity index (χ4n) is 2.72. The zero-order valence-corrected chi connectivity index (χ0v) is 20.4. The van der Waals surface area contributed by atoms with E-state index in [1.54, 1.807) is 14.1 Å². The molecular formula is C22H34N6O3S. The van der Waals surface area contributed by atoms with E-state index in [-0.39, 0.29) is 28.7 Å². The fraction of sp³-hybridized carbons (Fsp3) is 0.500. The largest absolute Gasteiger partial charge is 0.369 e. The first-order valence-electron chi connectivity index (χ1n) is 10.3. The summed E-state index contributed by atoms with van der Waals surface area (Å²) in [4.78, 5) is 41.9. The van der Waals surface area contributed by atoms with E-state index < -0.39 is 17.9 Å². The number of nitrogens with one attached hydrogen (secondary N) is 3. The van der Waals surface area contributed by atoms with Crippen LogP contribution in [-0.4, -0.2) is 59.6 Å². The van der Waals surface area contributed by atoms with Gasteiger partial charge in [0.2, 0.25) is 23.7 Å². The molecule has 0 aliphatic rings. The Labute approximate surface area is 194 Å². The van der Waals surface area contributed by atoms with Crippen molar-refractivity contribution in [1.82, 2.24) is 15.5 Å². The minimum atomic E-state index is -0.982. The Morgan fingerprint density at radius 3 is 2.25 bits per heavy atom. The van der Waals surface area contributed by atoms with Crippen LogP contribution in [0.25, 0.3) is 0 Å². The van der Waals surface area contributed by atoms with E-state index in [9.17, 15) is 14.4 Å². The van der Waals surface area contributed by atoms with Crippen molar-refractivity contribution < 1.29 is 14.4 Å². The lowest BCUT2D eigenvalue weighted by Gasteiger charge is -2.18. The van der Waals surface area contributed by atoms with E-state index >= 15 is 0 Å². The SMILES string of the molecule is CC(=O)N[C@@H](CSC(=O)C(C)c1ccc(CC(C)C)cc1)C(=O)N/C(N)=N/C(=N)N(C)C. The van der Waals surface area contributed by atoms with Crippen LogP contribution < -0.4 is 16.4 Å². The number of carbonyl (C=O) groups is 3. The number of thioether (sulfide) groups is 1. The zero-order valence-electron chi connectivity index (χ0n) is 19.6. The summed E-state index contributed by atoms with van der Waals surface area (Å²) >= 11 is 0.973. The molecule has 0 saturated heterocycles. The van der Waals surface area contributed by atoms with E-state index in [4.69, 9.17) is 11.1 Å². The van der Waals surface area contributed by atoms with Gasteiger partial charge in [-0.1, -0.05) is 56.8 Å². The van der Waals surface area contributed by atoms with Crippen LogP contribution in [0.1, 0.15) is 44.7 Å². The van der Waals surface area contributed by atoms with Crippen molar-refractivity contribution in [3.63, 3.8) is 0 Å². The van der Waals surface area contributed by atoms with Gasteiger partial charge in [0.25, 0.3) is 0 Å². The predicted octanol–water partition coefficient (Wildman–Crippen LogP) is 1.68. The van der Waals surface area contributed by atoms with Crippen LogP contribution in [0.3, 0.4) is 0 Å². The van der Waals surface area contributed by atoms with Gasteiger partial charge in [-0.25, -0.2) is 0 Å². The first-order valence-corrected chi connectivity index (χ1v) is 11.3. The van der Waals surface area contributed by atoms with Crippen LogP contribution in [0.5, 0.6) is 0 Å². The van der Waals surface area contributed by atoms with Gasteiger partial charge in [0.1, 0.15) is 6.04 Å². The Bertz CT molecular complexity index is 852. The second kappa shape index (κ2) is 12.8. The van der Waals surface area contributed by atoms with Gasteiger partial charge < -0.3 is 16.0 Å². The summed E-state index contributed by atoms with van der Waals surface area (Å²) in [5.74, 6) is -1.20. The lowest BCUT2D eigenvalue weighted by molar-refractivity contribution is -0.126. The van der Waals surface area contributed by atoms with E-state index in [1.807, 2.05) is 31.2 Å². The van der Waals surface area contributed by atoms with Crippen molar-refractivity contribution in [2.45, 2.75) is 46.1 Å². The quantitative estimate of drug-likeness (QED) is 0.342. The average molecular weight is 463 g/mol. The van der Waals surface area contributed by atoms with Crippen LogP contribution in [-0.2, 0) is 20.8 Å². The number of aliphatic imine (C=N–C) groups is 1. The lowest BCUT2D eigenvalue weighted by Crippen LogP contribution is -2.51. The summed E-state index contributed by atoms with van der Waals surface area (Å²) in [6.07, 6.45) is 0.977. The van der Waals surface area contributed by atoms with E-state index in [0.29, 0.717) is 5.92 Å². The van der Waals surface area contributed by atoms with Gasteiger partial charge in [0.15, 0.2) is 5.12 Å². The zero-order chi connectivity index (χ0) is 24.4. The Kier molecular flexibility index (Phi) is 10.9. The number of hydrogen-bond acceptors (Lipinski definition) is 5. The summed E-state index contributed by atoms with van der Waals surface area (Å²) in [6.45, 7) is 7.42. The van der Waals surface area contributed by atoms with Gasteiger partial charge in [-0.2, -0.15) is 4.99 Å². The number of hydrogen-bond donors (Lipinski definition) is 4. The molecule has 5 N–H and O–H groups in total. The highest BCUT2D eigenvalue weighted by molar-refractivity contribution is 8.13. The standard InChI is InChI=1S/C22H34N6O3S/c1-13(2)11-16-7-9-17(10-8-16)14(3)20(31)32-12-18(25-15(4)29)19(30)26-21(23)27-22(24)28(5)6/h7-10,13-14,18H,11-12H2,1-6H3,(H,25,29)(H4,23,24,26,27,30)/t14?,18-/m0/s1. The number of carbonyl (C=O) groups excluding carboxylic acids is 3. The van der Waals surface area contributed by atoms with Crippen molar-refractivity contribution in [2.75, 3.05) is 19.8 Å². The van der Waals surface area contributed by atoms with Crippen LogP contribution in [0.4, 0.5) is 0 Å². The van der Waals surface area contributed by atoms with Crippen molar-refractivity contribution >= 4 is 40.6 Å². The molecule has 9 nitrogen and oxygen atoms in total. The third-order valence-corrected chi connectivity index (χ3v) is 5.60. The molecule has 0 aliphatic heterocycles. The van der Waals surface area contributed by atoms with Gasteiger partial charge in [-0.15, -0.1) is 0 Å². The Morgan fingerprint density at radius 2 is 1.75 bits per heavy atom. The fourth-order valence-corrected chi connectivity index (χ4v) is 3.68. The highest BCUT2D eigenvalue weighted by atomic mass is 32.2. The second-order valence-corrected chi connectivity index (χ2v) is 9.17. The maximum atomic E-state index is 12.7. The molecule has 1 unspecified atom stereocenters. The van der Waals surface area contributed by atoms with E-state index in [2.05, 4.69) is 29.5 Å². The first-order chi connectivity index (χ1) is 14.9. The van der Waals surface area contributed by atoms with Gasteiger partial charge in [0.05, 0.1) is 5.92 Å². The molecule has 32 heavy (non-hydrogen) atoms. The van der Waals surface area contributed by atoms with Gasteiger partial charge in [-0.3, -0.25) is 25.1 Å². The molecular weight excluding hydrogens is 428 g/mol. The third-order valence-electron chi connectivity index (χ3n) is 4.46. The molecule has 1 aromatic carbocycles. The molecule has 2 amide bonds. The van der Waals surface area contributed by atoms with Crippen LogP contribution in [0.15, 0.2) is 29.3 Å². The monoisotopic (exact) mass is 462 g/mol. The molecule has 1 rings (SSSR count). The van der Waals surface area contributed by atoms with E-state index in [0.717, 1.165) is 23.7 Å². The normalized spacial score (nSPS) is 13.3. The topological polar surface area (TPSA) is 141 Å². The maximum absolute atomic E-state index is 12.7. The molecule has 0 spiro atoms. The van der Waals surface area contributed by atoms with Crippen molar-refractivity contribution in [2.24, 2.45) is 16.6 Å².